The van der Waals surface area contributed by atoms with E-state index in [-0.39, 0.29) is 12.5 Å². The summed E-state index contributed by atoms with van der Waals surface area (Å²) in [6.07, 6.45) is -0.474. The van der Waals surface area contributed by atoms with Crippen molar-refractivity contribution < 1.29 is 24.2 Å². The number of hydrogen-bond donors (Lipinski definition) is 1. The van der Waals surface area contributed by atoms with Crippen molar-refractivity contribution in [2.24, 2.45) is 0 Å². The normalized spacial score (nSPS) is 11.8. The summed E-state index contributed by atoms with van der Waals surface area (Å²) in [7, 11) is 3.19. The maximum atomic E-state index is 11.8. The van der Waals surface area contributed by atoms with Crippen LogP contribution in [0.25, 0.3) is 0 Å². The monoisotopic (exact) mass is 281 g/mol. The summed E-state index contributed by atoms with van der Waals surface area (Å²) in [6.45, 7) is 1.77. The maximum Gasteiger partial charge on any atom is 0.341 e. The molecule has 1 rings (SSSR count). The van der Waals surface area contributed by atoms with Crippen LogP contribution >= 0.6 is 0 Å². The van der Waals surface area contributed by atoms with Crippen LogP contribution in [0.15, 0.2) is 24.3 Å². The second-order valence-electron chi connectivity index (χ2n) is 4.40. The Kier molecular flexibility index (Phi) is 5.99. The number of methoxy groups -OCH3 is 1. The molecular formula is C14H19NO5. The molecule has 1 N–H and O–H groups in total. The van der Waals surface area contributed by atoms with Crippen LogP contribution in [-0.2, 0) is 20.9 Å². The van der Waals surface area contributed by atoms with Crippen molar-refractivity contribution in [3.8, 4) is 5.75 Å². The molecule has 0 aliphatic rings. The molecule has 6 heteroatoms. The van der Waals surface area contributed by atoms with Crippen LogP contribution in [0.3, 0.4) is 0 Å². The topological polar surface area (TPSA) is 76.1 Å². The Morgan fingerprint density at radius 3 is 2.40 bits per heavy atom. The molecule has 6 nitrogen and oxygen atoms in total. The predicted molar refractivity (Wildman–Crippen MR) is 72.5 cm³/mol. The molecule has 1 unspecified atom stereocenters. The molecule has 0 radical (unpaired) electrons. The molecule has 0 heterocycles. The lowest BCUT2D eigenvalue weighted by molar-refractivity contribution is -0.140. The molecule has 0 fully saturated rings. The second-order valence-corrected chi connectivity index (χ2v) is 4.40. The molecule has 0 bridgehead atoms. The van der Waals surface area contributed by atoms with Crippen LogP contribution in [0.4, 0.5) is 0 Å². The molecule has 1 atom stereocenters. The fourth-order valence-electron chi connectivity index (χ4n) is 1.60. The molecule has 1 aromatic rings. The SMILES string of the molecule is COC(C)C(=O)N(C)Cc1ccc(OCC(=O)O)cc1. The zero-order chi connectivity index (χ0) is 15.1. The van der Waals surface area contributed by atoms with E-state index in [1.807, 2.05) is 0 Å². The predicted octanol–water partition coefficient (Wildman–Crippen LogP) is 1.14. The van der Waals surface area contributed by atoms with Crippen molar-refractivity contribution >= 4 is 11.9 Å². The highest BCUT2D eigenvalue weighted by molar-refractivity contribution is 5.80. The van der Waals surface area contributed by atoms with Gasteiger partial charge in [0.25, 0.3) is 5.91 Å². The van der Waals surface area contributed by atoms with Gasteiger partial charge in [-0.25, -0.2) is 4.79 Å². The van der Waals surface area contributed by atoms with E-state index < -0.39 is 12.1 Å². The van der Waals surface area contributed by atoms with Gasteiger partial charge in [0.05, 0.1) is 0 Å². The van der Waals surface area contributed by atoms with Gasteiger partial charge >= 0.3 is 5.97 Å². The molecule has 20 heavy (non-hydrogen) atoms. The van der Waals surface area contributed by atoms with Crippen LogP contribution in [0.2, 0.25) is 0 Å². The van der Waals surface area contributed by atoms with E-state index in [0.29, 0.717) is 12.3 Å². The number of benzene rings is 1. The lowest BCUT2D eigenvalue weighted by Crippen LogP contribution is -2.35. The van der Waals surface area contributed by atoms with Crippen molar-refractivity contribution in [3.63, 3.8) is 0 Å². The van der Waals surface area contributed by atoms with Crippen molar-refractivity contribution in [1.29, 1.82) is 0 Å². The van der Waals surface area contributed by atoms with Gasteiger partial charge in [-0.05, 0) is 24.6 Å². The summed E-state index contributed by atoms with van der Waals surface area (Å²) in [5, 5.41) is 8.50. The minimum absolute atomic E-state index is 0.0984. The van der Waals surface area contributed by atoms with Crippen LogP contribution in [0, 0.1) is 0 Å². The Morgan fingerprint density at radius 1 is 1.30 bits per heavy atom. The van der Waals surface area contributed by atoms with Crippen LogP contribution in [0.1, 0.15) is 12.5 Å². The first-order chi connectivity index (χ1) is 9.43. The highest BCUT2D eigenvalue weighted by atomic mass is 16.5. The number of amides is 1. The van der Waals surface area contributed by atoms with Gasteiger partial charge in [0.15, 0.2) is 6.61 Å². The Balaban J connectivity index is 2.56. The summed E-state index contributed by atoms with van der Waals surface area (Å²) >= 11 is 0. The van der Waals surface area contributed by atoms with Crippen LogP contribution in [-0.4, -0.2) is 48.8 Å². The average Bonchev–Trinajstić information content (AvgIpc) is 2.44. The summed E-state index contributed by atoms with van der Waals surface area (Å²) in [6, 6.07) is 6.93. The van der Waals surface area contributed by atoms with E-state index in [2.05, 4.69) is 0 Å². The van der Waals surface area contributed by atoms with E-state index in [0.717, 1.165) is 5.56 Å². The number of hydrogen-bond acceptors (Lipinski definition) is 4. The van der Waals surface area contributed by atoms with Crippen LogP contribution in [0.5, 0.6) is 5.75 Å². The van der Waals surface area contributed by atoms with Gasteiger partial charge < -0.3 is 19.5 Å². The molecule has 0 aliphatic heterocycles. The van der Waals surface area contributed by atoms with Gasteiger partial charge in [0.1, 0.15) is 11.9 Å². The molecule has 0 aromatic heterocycles. The third-order valence-electron chi connectivity index (χ3n) is 2.78. The molecule has 0 saturated carbocycles. The molecule has 0 spiro atoms. The number of aliphatic carboxylic acids is 1. The van der Waals surface area contributed by atoms with Crippen molar-refractivity contribution in [2.75, 3.05) is 20.8 Å². The summed E-state index contributed by atoms with van der Waals surface area (Å²) < 4.78 is 10.0. The molecule has 110 valence electrons. The number of carboxylic acid groups (broad SMARTS) is 1. The maximum absolute atomic E-state index is 11.8. The number of carboxylic acids is 1. The van der Waals surface area contributed by atoms with Gasteiger partial charge in [-0.3, -0.25) is 4.79 Å². The lowest BCUT2D eigenvalue weighted by atomic mass is 10.2. The first-order valence-corrected chi connectivity index (χ1v) is 6.15. The summed E-state index contributed by atoms with van der Waals surface area (Å²) in [5.41, 5.74) is 0.923. The number of rotatable bonds is 7. The molecule has 0 aliphatic carbocycles. The smallest absolute Gasteiger partial charge is 0.341 e. The van der Waals surface area contributed by atoms with E-state index in [1.54, 1.807) is 43.1 Å². The fourth-order valence-corrected chi connectivity index (χ4v) is 1.60. The third-order valence-corrected chi connectivity index (χ3v) is 2.78. The van der Waals surface area contributed by atoms with Gasteiger partial charge in [-0.2, -0.15) is 0 Å². The minimum atomic E-state index is -1.02. The van der Waals surface area contributed by atoms with E-state index in [1.165, 1.54) is 7.11 Å². The van der Waals surface area contributed by atoms with Crippen molar-refractivity contribution in [2.45, 2.75) is 19.6 Å². The lowest BCUT2D eigenvalue weighted by Gasteiger charge is -2.20. The first-order valence-electron chi connectivity index (χ1n) is 6.15. The van der Waals surface area contributed by atoms with E-state index in [4.69, 9.17) is 14.6 Å². The highest BCUT2D eigenvalue weighted by Crippen LogP contribution is 2.13. The summed E-state index contributed by atoms with van der Waals surface area (Å²) in [4.78, 5) is 23.8. The van der Waals surface area contributed by atoms with Crippen molar-refractivity contribution in [3.05, 3.63) is 29.8 Å². The van der Waals surface area contributed by atoms with Crippen LogP contribution < -0.4 is 4.74 Å². The van der Waals surface area contributed by atoms with E-state index >= 15 is 0 Å². The van der Waals surface area contributed by atoms with Gasteiger partial charge in [0.2, 0.25) is 0 Å². The quantitative estimate of drug-likeness (QED) is 0.811. The summed E-state index contributed by atoms with van der Waals surface area (Å²) in [5.74, 6) is -0.637. The van der Waals surface area contributed by atoms with Gasteiger partial charge in [-0.1, -0.05) is 12.1 Å². The first kappa shape index (κ1) is 16.0. The largest absolute Gasteiger partial charge is 0.482 e. The standard InChI is InChI=1S/C14H19NO5/c1-10(19-3)14(18)15(2)8-11-4-6-12(7-5-11)20-9-13(16)17/h4-7,10H,8-9H2,1-3H3,(H,16,17). The Labute approximate surface area is 117 Å². The molecule has 1 aromatic carbocycles. The molecule has 1 amide bonds. The second kappa shape index (κ2) is 7.49. The van der Waals surface area contributed by atoms with Gasteiger partial charge in [-0.15, -0.1) is 0 Å². The average molecular weight is 281 g/mol. The zero-order valence-electron chi connectivity index (χ0n) is 11.8. The third kappa shape index (κ3) is 4.89. The number of ether oxygens (including phenoxy) is 2. The number of carbonyl (C=O) groups is 2. The Morgan fingerprint density at radius 2 is 1.90 bits per heavy atom. The highest BCUT2D eigenvalue weighted by Gasteiger charge is 2.16. The minimum Gasteiger partial charge on any atom is -0.482 e. The zero-order valence-corrected chi connectivity index (χ0v) is 11.8. The fraction of sp³-hybridized carbons (Fsp3) is 0.429. The Bertz CT molecular complexity index is 457. The van der Waals surface area contributed by atoms with Crippen molar-refractivity contribution in [1.82, 2.24) is 4.90 Å². The number of nitrogens with zero attached hydrogens (tertiary/aromatic N) is 1. The number of likely N-dealkylation sites (N-methyl/N-ethyl adjacent to an activating group) is 1. The van der Waals surface area contributed by atoms with E-state index in [9.17, 15) is 9.59 Å². The Hall–Kier alpha value is -2.08. The molecular weight excluding hydrogens is 262 g/mol. The van der Waals surface area contributed by atoms with Gasteiger partial charge in [0, 0.05) is 20.7 Å². The molecule has 0 saturated heterocycles. The number of carbonyl (C=O) groups excluding carboxylic acids is 1.